The summed E-state index contributed by atoms with van der Waals surface area (Å²) in [7, 11) is 0. The summed E-state index contributed by atoms with van der Waals surface area (Å²) in [5, 5.41) is 2.61. The van der Waals surface area contributed by atoms with Crippen LogP contribution in [0, 0.1) is 5.82 Å². The van der Waals surface area contributed by atoms with Crippen molar-refractivity contribution in [1.82, 2.24) is 0 Å². The third-order valence-electron chi connectivity index (χ3n) is 3.19. The molecule has 0 unspecified atom stereocenters. The summed E-state index contributed by atoms with van der Waals surface area (Å²) in [5.41, 5.74) is 1.12. The topological polar surface area (TPSA) is 49.4 Å². The largest absolute Gasteiger partial charge is 0.326 e. The lowest BCUT2D eigenvalue weighted by atomic mass is 10.2. The Morgan fingerprint density at radius 2 is 1.87 bits per heavy atom. The van der Waals surface area contributed by atoms with Crippen molar-refractivity contribution in [3.05, 3.63) is 58.8 Å². The Morgan fingerprint density at radius 1 is 1.17 bits per heavy atom. The standard InChI is InChI=1S/C17H16BrFN2O2/c1-12(22)21(16-7-5-13(18)6-8-16)10-9-17(23)20-15-4-2-3-14(19)11-15/h2-8,11H,9-10H2,1H3,(H,20,23). The zero-order valence-corrected chi connectivity index (χ0v) is 14.1. The van der Waals surface area contributed by atoms with E-state index < -0.39 is 5.82 Å². The van der Waals surface area contributed by atoms with E-state index in [4.69, 9.17) is 0 Å². The predicted octanol–water partition coefficient (Wildman–Crippen LogP) is 3.97. The van der Waals surface area contributed by atoms with Crippen LogP contribution in [0.5, 0.6) is 0 Å². The number of hydrogen-bond acceptors (Lipinski definition) is 2. The van der Waals surface area contributed by atoms with Crippen molar-refractivity contribution in [2.75, 3.05) is 16.8 Å². The molecule has 4 nitrogen and oxygen atoms in total. The van der Waals surface area contributed by atoms with Crippen LogP contribution in [0.2, 0.25) is 0 Å². The van der Waals surface area contributed by atoms with Crippen LogP contribution in [0.25, 0.3) is 0 Å². The van der Waals surface area contributed by atoms with Crippen LogP contribution in [0.1, 0.15) is 13.3 Å². The van der Waals surface area contributed by atoms with Gasteiger partial charge in [-0.1, -0.05) is 22.0 Å². The van der Waals surface area contributed by atoms with Crippen LogP contribution in [-0.4, -0.2) is 18.4 Å². The van der Waals surface area contributed by atoms with Gasteiger partial charge in [0.05, 0.1) is 0 Å². The van der Waals surface area contributed by atoms with Crippen LogP contribution in [0.3, 0.4) is 0 Å². The van der Waals surface area contributed by atoms with E-state index in [2.05, 4.69) is 21.2 Å². The Morgan fingerprint density at radius 3 is 2.48 bits per heavy atom. The van der Waals surface area contributed by atoms with Gasteiger partial charge in [0.25, 0.3) is 0 Å². The van der Waals surface area contributed by atoms with Gasteiger partial charge in [-0.3, -0.25) is 9.59 Å². The van der Waals surface area contributed by atoms with Crippen molar-refractivity contribution < 1.29 is 14.0 Å². The molecule has 0 saturated carbocycles. The number of benzene rings is 2. The number of halogens is 2. The number of rotatable bonds is 5. The molecule has 0 spiro atoms. The Hall–Kier alpha value is -2.21. The average molecular weight is 379 g/mol. The van der Waals surface area contributed by atoms with Gasteiger partial charge in [0.2, 0.25) is 11.8 Å². The van der Waals surface area contributed by atoms with Crippen LogP contribution in [-0.2, 0) is 9.59 Å². The molecule has 0 saturated heterocycles. The lowest BCUT2D eigenvalue weighted by molar-refractivity contribution is -0.117. The Kier molecular flexibility index (Phi) is 5.87. The number of carbonyl (C=O) groups is 2. The zero-order valence-electron chi connectivity index (χ0n) is 12.6. The fraction of sp³-hybridized carbons (Fsp3) is 0.176. The summed E-state index contributed by atoms with van der Waals surface area (Å²) in [5.74, 6) is -0.840. The molecule has 0 bridgehead atoms. The highest BCUT2D eigenvalue weighted by atomic mass is 79.9. The highest BCUT2D eigenvalue weighted by molar-refractivity contribution is 9.10. The number of amides is 2. The normalized spacial score (nSPS) is 10.2. The molecule has 0 radical (unpaired) electrons. The molecule has 0 fully saturated rings. The smallest absolute Gasteiger partial charge is 0.226 e. The second-order valence-electron chi connectivity index (χ2n) is 4.96. The SMILES string of the molecule is CC(=O)N(CCC(=O)Nc1cccc(F)c1)c1ccc(Br)cc1. The molecule has 0 aliphatic carbocycles. The summed E-state index contributed by atoms with van der Waals surface area (Å²) >= 11 is 3.34. The van der Waals surface area contributed by atoms with E-state index in [-0.39, 0.29) is 24.8 Å². The van der Waals surface area contributed by atoms with E-state index >= 15 is 0 Å². The molecular weight excluding hydrogens is 363 g/mol. The minimum absolute atomic E-state index is 0.117. The van der Waals surface area contributed by atoms with Crippen LogP contribution in [0.4, 0.5) is 15.8 Å². The lowest BCUT2D eigenvalue weighted by Crippen LogP contribution is -2.31. The fourth-order valence-corrected chi connectivity index (χ4v) is 2.36. The third kappa shape index (κ3) is 5.17. The highest BCUT2D eigenvalue weighted by Crippen LogP contribution is 2.19. The molecule has 2 amide bonds. The van der Waals surface area contributed by atoms with Crippen LogP contribution in [0.15, 0.2) is 53.0 Å². The van der Waals surface area contributed by atoms with Gasteiger partial charge in [0.15, 0.2) is 0 Å². The second kappa shape index (κ2) is 7.87. The van der Waals surface area contributed by atoms with E-state index in [1.807, 2.05) is 12.1 Å². The molecule has 2 aromatic rings. The number of hydrogen-bond donors (Lipinski definition) is 1. The van der Waals surface area contributed by atoms with Crippen LogP contribution < -0.4 is 10.2 Å². The van der Waals surface area contributed by atoms with Crippen molar-refractivity contribution in [3.8, 4) is 0 Å². The van der Waals surface area contributed by atoms with E-state index in [0.29, 0.717) is 5.69 Å². The number of carbonyl (C=O) groups excluding carboxylic acids is 2. The molecule has 0 heterocycles. The molecule has 0 aliphatic heterocycles. The minimum atomic E-state index is -0.414. The summed E-state index contributed by atoms with van der Waals surface area (Å²) in [6, 6.07) is 12.9. The third-order valence-corrected chi connectivity index (χ3v) is 3.72. The molecule has 6 heteroatoms. The summed E-state index contributed by atoms with van der Waals surface area (Å²) in [4.78, 5) is 25.3. The maximum atomic E-state index is 13.1. The Bertz CT molecular complexity index is 704. The number of anilines is 2. The molecule has 1 N–H and O–H groups in total. The molecule has 2 aromatic carbocycles. The molecule has 0 aliphatic rings. The first-order chi connectivity index (χ1) is 11.0. The number of nitrogens with one attached hydrogen (secondary N) is 1. The maximum Gasteiger partial charge on any atom is 0.226 e. The van der Waals surface area contributed by atoms with Crippen molar-refractivity contribution in [1.29, 1.82) is 0 Å². The van der Waals surface area contributed by atoms with E-state index in [9.17, 15) is 14.0 Å². The van der Waals surface area contributed by atoms with Gasteiger partial charge in [-0.05, 0) is 42.5 Å². The second-order valence-corrected chi connectivity index (χ2v) is 5.87. The highest BCUT2D eigenvalue weighted by Gasteiger charge is 2.13. The predicted molar refractivity (Wildman–Crippen MR) is 91.8 cm³/mol. The maximum absolute atomic E-state index is 13.1. The molecule has 23 heavy (non-hydrogen) atoms. The van der Waals surface area contributed by atoms with Gasteiger partial charge >= 0.3 is 0 Å². The first-order valence-electron chi connectivity index (χ1n) is 7.05. The lowest BCUT2D eigenvalue weighted by Gasteiger charge is -2.21. The summed E-state index contributed by atoms with van der Waals surface area (Å²) < 4.78 is 14.0. The van der Waals surface area contributed by atoms with Gasteiger partial charge in [-0.15, -0.1) is 0 Å². The molecule has 0 atom stereocenters. The number of nitrogens with zero attached hydrogens (tertiary/aromatic N) is 1. The van der Waals surface area contributed by atoms with E-state index in [1.54, 1.807) is 18.2 Å². The Balaban J connectivity index is 1.97. The summed E-state index contributed by atoms with van der Waals surface area (Å²) in [6.07, 6.45) is 0.117. The van der Waals surface area contributed by atoms with Crippen molar-refractivity contribution >= 4 is 39.1 Å². The summed E-state index contributed by atoms with van der Waals surface area (Å²) in [6.45, 7) is 1.70. The Labute approximate surface area is 142 Å². The molecule has 120 valence electrons. The van der Waals surface area contributed by atoms with E-state index in [1.165, 1.54) is 30.0 Å². The zero-order chi connectivity index (χ0) is 16.8. The van der Waals surface area contributed by atoms with E-state index in [0.717, 1.165) is 10.2 Å². The van der Waals surface area contributed by atoms with Gasteiger partial charge in [-0.25, -0.2) is 4.39 Å². The first-order valence-corrected chi connectivity index (χ1v) is 7.84. The fourth-order valence-electron chi connectivity index (χ4n) is 2.09. The monoisotopic (exact) mass is 378 g/mol. The van der Waals surface area contributed by atoms with Crippen molar-refractivity contribution in [2.45, 2.75) is 13.3 Å². The van der Waals surface area contributed by atoms with Crippen molar-refractivity contribution in [3.63, 3.8) is 0 Å². The molecular formula is C17H16BrFN2O2. The van der Waals surface area contributed by atoms with Crippen LogP contribution >= 0.6 is 15.9 Å². The quantitative estimate of drug-likeness (QED) is 0.855. The van der Waals surface area contributed by atoms with Crippen molar-refractivity contribution in [2.24, 2.45) is 0 Å². The van der Waals surface area contributed by atoms with Gasteiger partial charge in [-0.2, -0.15) is 0 Å². The van der Waals surface area contributed by atoms with Gasteiger partial charge in [0.1, 0.15) is 5.82 Å². The first kappa shape index (κ1) is 17.1. The minimum Gasteiger partial charge on any atom is -0.326 e. The van der Waals surface area contributed by atoms with Gasteiger partial charge in [0, 0.05) is 35.7 Å². The van der Waals surface area contributed by atoms with Gasteiger partial charge < -0.3 is 10.2 Å². The molecule has 2 rings (SSSR count). The molecule has 0 aromatic heterocycles. The average Bonchev–Trinajstić information content (AvgIpc) is 2.49.